The molecule has 1 rings (SSSR count). The molecule has 0 amide bonds. The van der Waals surface area contributed by atoms with E-state index in [1.165, 1.54) is 0 Å². The first-order chi connectivity index (χ1) is 3.00. The molecule has 1 heterocycles. The fourth-order valence-electron chi connectivity index (χ4n) is 0.440. The number of hydrogen-bond donors (Lipinski definition) is 1. The largest absolute Gasteiger partial charge is 0.412 e. The van der Waals surface area contributed by atoms with Crippen LogP contribution in [0.25, 0.3) is 0 Å². The number of rotatable bonds is 0. The molecule has 5 N–H and O–H groups in total. The summed E-state index contributed by atoms with van der Waals surface area (Å²) in [5.41, 5.74) is 0. The van der Waals surface area contributed by atoms with Gasteiger partial charge in [-0.2, -0.15) is 0 Å². The third kappa shape index (κ3) is 8.13. The summed E-state index contributed by atoms with van der Waals surface area (Å²) in [7, 11) is 0. The molecule has 0 aromatic rings. The molecule has 60 valence electrons. The maximum absolute atomic E-state index is 4.94. The zero-order valence-corrected chi connectivity index (χ0v) is 6.08. The van der Waals surface area contributed by atoms with E-state index in [4.69, 9.17) is 9.47 Å². The smallest absolute Gasteiger partial charge is 0.0701 e. The van der Waals surface area contributed by atoms with Crippen LogP contribution in [0.4, 0.5) is 0 Å². The molecule has 0 aliphatic carbocycles. The molecule has 0 aromatic carbocycles. The molecular weight excluding hydrogens is 146 g/mol. The van der Waals surface area contributed by atoms with Crippen LogP contribution < -0.4 is 6.15 Å². The lowest BCUT2D eigenvalue weighted by atomic mass is 10.6. The molecule has 0 radical (unpaired) electrons. The van der Waals surface area contributed by atoms with Crippen molar-refractivity contribution in [2.75, 3.05) is 26.4 Å². The zero-order chi connectivity index (χ0) is 4.24. The van der Waals surface area contributed by atoms with Gasteiger partial charge in [0.25, 0.3) is 0 Å². The van der Waals surface area contributed by atoms with Crippen LogP contribution in [0.5, 0.6) is 0 Å². The van der Waals surface area contributed by atoms with Crippen molar-refractivity contribution < 1.29 is 14.9 Å². The maximum Gasteiger partial charge on any atom is 0.0701 e. The summed E-state index contributed by atoms with van der Waals surface area (Å²) in [5, 5.41) is 0. The van der Waals surface area contributed by atoms with Crippen LogP contribution in [-0.2, 0) is 9.47 Å². The van der Waals surface area contributed by atoms with Crippen molar-refractivity contribution >= 4 is 12.4 Å². The lowest BCUT2D eigenvalue weighted by Crippen LogP contribution is -2.16. The van der Waals surface area contributed by atoms with Crippen LogP contribution in [0.2, 0.25) is 0 Å². The quantitative estimate of drug-likeness (QED) is 0.531. The van der Waals surface area contributed by atoms with E-state index in [1.54, 1.807) is 0 Å². The highest BCUT2D eigenvalue weighted by Gasteiger charge is 1.94. The van der Waals surface area contributed by atoms with Crippen molar-refractivity contribution in [2.45, 2.75) is 0 Å². The monoisotopic (exact) mass is 159 g/mol. The molecule has 9 heavy (non-hydrogen) atoms. The van der Waals surface area contributed by atoms with Crippen LogP contribution in [0.1, 0.15) is 0 Å². The molecule has 1 aliphatic rings. The molecule has 0 saturated carbocycles. The highest BCUT2D eigenvalue weighted by Crippen LogP contribution is 1.85. The van der Waals surface area contributed by atoms with Crippen LogP contribution >= 0.6 is 12.4 Å². The van der Waals surface area contributed by atoms with Gasteiger partial charge in [0, 0.05) is 0 Å². The molecule has 1 fully saturated rings. The van der Waals surface area contributed by atoms with Gasteiger partial charge in [0.2, 0.25) is 0 Å². The second-order valence-electron chi connectivity index (χ2n) is 1.22. The zero-order valence-electron chi connectivity index (χ0n) is 5.26. The fourth-order valence-corrected chi connectivity index (χ4v) is 0.440. The van der Waals surface area contributed by atoms with E-state index in [9.17, 15) is 0 Å². The van der Waals surface area contributed by atoms with Gasteiger partial charge in [-0.3, -0.25) is 0 Å². The second kappa shape index (κ2) is 11.0. The molecule has 0 bridgehead atoms. The minimum atomic E-state index is 0. The van der Waals surface area contributed by atoms with Crippen LogP contribution in [0.15, 0.2) is 0 Å². The van der Waals surface area contributed by atoms with E-state index in [0.29, 0.717) is 0 Å². The van der Waals surface area contributed by atoms with Crippen molar-refractivity contribution in [3.8, 4) is 0 Å². The lowest BCUT2D eigenvalue weighted by Gasteiger charge is -2.09. The minimum Gasteiger partial charge on any atom is -0.412 e. The van der Waals surface area contributed by atoms with E-state index in [1.807, 2.05) is 0 Å². The standard InChI is InChI=1S/C4H8O2.ClH.H3N.H2O/c1-2-6-4-3-5-1;;;/h1-4H2;1H;1H3;1H2. The van der Waals surface area contributed by atoms with Crippen LogP contribution in [0, 0.1) is 0 Å². The van der Waals surface area contributed by atoms with Gasteiger partial charge in [0.05, 0.1) is 26.4 Å². The molecule has 0 unspecified atom stereocenters. The third-order valence-corrected chi connectivity index (χ3v) is 0.744. The maximum atomic E-state index is 4.94. The van der Waals surface area contributed by atoms with E-state index < -0.39 is 0 Å². The molecule has 5 heteroatoms. The van der Waals surface area contributed by atoms with Gasteiger partial charge < -0.3 is 21.1 Å². The normalized spacial score (nSPS) is 16.0. The molecule has 1 aliphatic heterocycles. The summed E-state index contributed by atoms with van der Waals surface area (Å²) in [6.45, 7) is 3.11. The Morgan fingerprint density at radius 2 is 1.00 bits per heavy atom. The van der Waals surface area contributed by atoms with Crippen LogP contribution in [0.3, 0.4) is 0 Å². The van der Waals surface area contributed by atoms with Crippen molar-refractivity contribution in [3.63, 3.8) is 0 Å². The summed E-state index contributed by atoms with van der Waals surface area (Å²) in [5.74, 6) is 0. The summed E-state index contributed by atoms with van der Waals surface area (Å²) in [6, 6.07) is 0. The minimum absolute atomic E-state index is 0. The van der Waals surface area contributed by atoms with E-state index in [2.05, 4.69) is 0 Å². The summed E-state index contributed by atoms with van der Waals surface area (Å²) >= 11 is 0. The van der Waals surface area contributed by atoms with Gasteiger partial charge in [0.15, 0.2) is 0 Å². The summed E-state index contributed by atoms with van der Waals surface area (Å²) in [6.07, 6.45) is 0. The lowest BCUT2D eigenvalue weighted by molar-refractivity contribution is -0.0334. The van der Waals surface area contributed by atoms with Gasteiger partial charge in [-0.05, 0) is 0 Å². The number of hydrogen-bond acceptors (Lipinski definition) is 3. The molecule has 1 saturated heterocycles. The van der Waals surface area contributed by atoms with Crippen molar-refractivity contribution in [2.24, 2.45) is 0 Å². The molecule has 0 spiro atoms. The average molecular weight is 160 g/mol. The van der Waals surface area contributed by atoms with Crippen molar-refractivity contribution in [1.82, 2.24) is 6.15 Å². The molecular formula is C4H14ClNO3. The van der Waals surface area contributed by atoms with Crippen LogP contribution in [-0.4, -0.2) is 31.9 Å². The summed E-state index contributed by atoms with van der Waals surface area (Å²) < 4.78 is 9.89. The first-order valence-corrected chi connectivity index (χ1v) is 2.15. The third-order valence-electron chi connectivity index (χ3n) is 0.744. The van der Waals surface area contributed by atoms with Gasteiger partial charge in [-0.15, -0.1) is 12.4 Å². The van der Waals surface area contributed by atoms with Gasteiger partial charge in [0.1, 0.15) is 0 Å². The van der Waals surface area contributed by atoms with Gasteiger partial charge in [-0.25, -0.2) is 0 Å². The predicted molar refractivity (Wildman–Crippen MR) is 37.5 cm³/mol. The Hall–Kier alpha value is 0.130. The average Bonchev–Trinajstić information content (AvgIpc) is 1.72. The Morgan fingerprint density at radius 1 is 0.778 bits per heavy atom. The summed E-state index contributed by atoms with van der Waals surface area (Å²) in [4.78, 5) is 0. The first-order valence-electron chi connectivity index (χ1n) is 2.15. The highest BCUT2D eigenvalue weighted by atomic mass is 35.5. The predicted octanol–water partition coefficient (Wildman–Crippen LogP) is -0.208. The molecule has 0 atom stereocenters. The number of halogens is 1. The Bertz CT molecular complexity index is 31.3. The molecule has 4 nitrogen and oxygen atoms in total. The van der Waals surface area contributed by atoms with Gasteiger partial charge in [-0.1, -0.05) is 0 Å². The Kier molecular flexibility index (Phi) is 19.6. The SMILES string of the molecule is C1COCCO1.Cl.N.O. The van der Waals surface area contributed by atoms with Crippen molar-refractivity contribution in [3.05, 3.63) is 0 Å². The Morgan fingerprint density at radius 3 is 1.11 bits per heavy atom. The van der Waals surface area contributed by atoms with Gasteiger partial charge >= 0.3 is 0 Å². The Balaban J connectivity index is -0.000000120. The van der Waals surface area contributed by atoms with E-state index >= 15 is 0 Å². The number of ether oxygens (including phenoxy) is 2. The topological polar surface area (TPSA) is 85.0 Å². The van der Waals surface area contributed by atoms with E-state index in [-0.39, 0.29) is 24.0 Å². The fraction of sp³-hybridized carbons (Fsp3) is 1.00. The second-order valence-corrected chi connectivity index (χ2v) is 1.22. The van der Waals surface area contributed by atoms with E-state index in [0.717, 1.165) is 26.4 Å². The highest BCUT2D eigenvalue weighted by molar-refractivity contribution is 5.85. The Labute approximate surface area is 60.8 Å². The first kappa shape index (κ1) is 16.1. The molecule has 0 aromatic heterocycles. The van der Waals surface area contributed by atoms with Crippen molar-refractivity contribution in [1.29, 1.82) is 0 Å².